The molecule has 0 atom stereocenters. The summed E-state index contributed by atoms with van der Waals surface area (Å²) >= 11 is 0. The van der Waals surface area contributed by atoms with Gasteiger partial charge in [-0.05, 0) is 67.5 Å². The molecule has 1 heterocycles. The average molecular weight is 427 g/mol. The van der Waals surface area contributed by atoms with Crippen molar-refractivity contribution < 1.29 is 13.9 Å². The minimum atomic E-state index is -0.388. The van der Waals surface area contributed by atoms with E-state index in [2.05, 4.69) is 15.5 Å². The lowest BCUT2D eigenvalue weighted by Gasteiger charge is -2.33. The second kappa shape index (κ2) is 9.56. The quantitative estimate of drug-likeness (QED) is 0.602. The summed E-state index contributed by atoms with van der Waals surface area (Å²) in [6.07, 6.45) is 4.23. The van der Waals surface area contributed by atoms with E-state index in [9.17, 15) is 9.18 Å². The molecule has 1 saturated carbocycles. The maximum absolute atomic E-state index is 14.0. The van der Waals surface area contributed by atoms with Crippen LogP contribution in [0.2, 0.25) is 0 Å². The van der Waals surface area contributed by atoms with Crippen molar-refractivity contribution in [2.75, 3.05) is 37.0 Å². The van der Waals surface area contributed by atoms with Crippen LogP contribution in [0.1, 0.15) is 41.6 Å². The predicted molar refractivity (Wildman–Crippen MR) is 121 cm³/mol. The Hall–Kier alpha value is -2.80. The summed E-state index contributed by atoms with van der Waals surface area (Å²) in [4.78, 5) is 15.2. The van der Waals surface area contributed by atoms with Gasteiger partial charge >= 0.3 is 0 Å². The van der Waals surface area contributed by atoms with Gasteiger partial charge < -0.3 is 26.0 Å². The number of nitrogens with one attached hydrogen (secondary N) is 2. The third kappa shape index (κ3) is 5.47. The first-order valence-electron chi connectivity index (χ1n) is 11.0. The molecule has 2 fully saturated rings. The van der Waals surface area contributed by atoms with Crippen molar-refractivity contribution in [1.29, 1.82) is 0 Å². The first-order chi connectivity index (χ1) is 15.0. The molecule has 0 bridgehead atoms. The van der Waals surface area contributed by atoms with Crippen LogP contribution in [-0.2, 0) is 6.54 Å². The molecule has 4 N–H and O–H groups in total. The predicted octanol–water partition coefficient (Wildman–Crippen LogP) is 3.51. The molecule has 0 aromatic heterocycles. The molecule has 1 saturated heterocycles. The van der Waals surface area contributed by atoms with Gasteiger partial charge in [-0.2, -0.15) is 0 Å². The number of nitrogens with zero attached hydrogens (tertiary/aromatic N) is 1. The van der Waals surface area contributed by atoms with Crippen LogP contribution in [-0.4, -0.2) is 38.7 Å². The average Bonchev–Trinajstić information content (AvgIpc) is 3.61. The van der Waals surface area contributed by atoms with E-state index in [0.717, 1.165) is 49.4 Å². The zero-order valence-corrected chi connectivity index (χ0v) is 18.0. The number of piperidine rings is 1. The minimum Gasteiger partial charge on any atom is -0.494 e. The normalized spacial score (nSPS) is 16.8. The third-order valence-corrected chi connectivity index (χ3v) is 6.08. The Balaban J connectivity index is 1.50. The second-order valence-corrected chi connectivity index (χ2v) is 8.53. The fourth-order valence-electron chi connectivity index (χ4n) is 3.92. The van der Waals surface area contributed by atoms with E-state index in [1.54, 1.807) is 6.07 Å². The van der Waals surface area contributed by atoms with Crippen LogP contribution in [0.4, 0.5) is 15.8 Å². The topological polar surface area (TPSA) is 79.6 Å². The number of anilines is 2. The number of hydrogen-bond acceptors (Lipinski definition) is 5. The standard InChI is InChI=1S/C24H31FN4O2/c1-31-23-7-4-17(12-21(23)25)15-27-19-5-6-22(29-10-8-18(26)9-11-29)20(13-19)24(30)28-14-16-2-3-16/h4-7,12-13,16,18,27H,2-3,8-11,14-15,26H2,1H3,(H,28,30). The van der Waals surface area contributed by atoms with E-state index >= 15 is 0 Å². The van der Waals surface area contributed by atoms with Gasteiger partial charge in [-0.3, -0.25) is 4.79 Å². The summed E-state index contributed by atoms with van der Waals surface area (Å²) in [5.74, 6) is 0.409. The number of halogens is 1. The maximum atomic E-state index is 14.0. The van der Waals surface area contributed by atoms with Gasteiger partial charge in [0.2, 0.25) is 0 Å². The fraction of sp³-hybridized carbons (Fsp3) is 0.458. The lowest BCUT2D eigenvalue weighted by Crippen LogP contribution is -2.40. The Labute approximate surface area is 182 Å². The van der Waals surface area contributed by atoms with Crippen molar-refractivity contribution in [2.24, 2.45) is 11.7 Å². The van der Waals surface area contributed by atoms with Crippen molar-refractivity contribution in [3.05, 3.63) is 53.3 Å². The van der Waals surface area contributed by atoms with Crippen LogP contribution < -0.4 is 26.0 Å². The summed E-state index contributed by atoms with van der Waals surface area (Å²) in [5, 5.41) is 6.40. The van der Waals surface area contributed by atoms with Crippen LogP contribution in [0.3, 0.4) is 0 Å². The molecule has 2 aromatic carbocycles. The maximum Gasteiger partial charge on any atom is 0.253 e. The molecule has 4 rings (SSSR count). The summed E-state index contributed by atoms with van der Waals surface area (Å²) < 4.78 is 18.9. The molecular weight excluding hydrogens is 395 g/mol. The van der Waals surface area contributed by atoms with Crippen LogP contribution in [0.25, 0.3) is 0 Å². The lowest BCUT2D eigenvalue weighted by atomic mass is 10.0. The monoisotopic (exact) mass is 426 g/mol. The Bertz CT molecular complexity index is 924. The first kappa shape index (κ1) is 21.4. The van der Waals surface area contributed by atoms with Gasteiger partial charge in [-0.15, -0.1) is 0 Å². The van der Waals surface area contributed by atoms with Gasteiger partial charge in [0.15, 0.2) is 11.6 Å². The zero-order valence-electron chi connectivity index (χ0n) is 18.0. The fourth-order valence-corrected chi connectivity index (χ4v) is 3.92. The Kier molecular flexibility index (Phi) is 6.61. The van der Waals surface area contributed by atoms with Gasteiger partial charge in [0.05, 0.1) is 12.7 Å². The molecule has 166 valence electrons. The van der Waals surface area contributed by atoms with Crippen molar-refractivity contribution >= 4 is 17.3 Å². The summed E-state index contributed by atoms with van der Waals surface area (Å²) in [5.41, 5.74) is 9.29. The van der Waals surface area contributed by atoms with Crippen LogP contribution in [0.5, 0.6) is 5.75 Å². The Morgan fingerprint density at radius 3 is 2.61 bits per heavy atom. The van der Waals surface area contributed by atoms with E-state index < -0.39 is 0 Å². The van der Waals surface area contributed by atoms with Crippen molar-refractivity contribution in [3.8, 4) is 5.75 Å². The van der Waals surface area contributed by atoms with Gasteiger partial charge in [-0.1, -0.05) is 6.07 Å². The van der Waals surface area contributed by atoms with E-state index in [1.165, 1.54) is 26.0 Å². The van der Waals surface area contributed by atoms with Crippen LogP contribution in [0, 0.1) is 11.7 Å². The number of nitrogens with two attached hydrogens (primary N) is 1. The highest BCUT2D eigenvalue weighted by Gasteiger charge is 2.25. The lowest BCUT2D eigenvalue weighted by molar-refractivity contribution is 0.0952. The Morgan fingerprint density at radius 2 is 1.94 bits per heavy atom. The highest BCUT2D eigenvalue weighted by Crippen LogP contribution is 2.30. The largest absolute Gasteiger partial charge is 0.494 e. The number of rotatable bonds is 8. The van der Waals surface area contributed by atoms with E-state index in [-0.39, 0.29) is 23.5 Å². The number of benzene rings is 2. The van der Waals surface area contributed by atoms with Crippen molar-refractivity contribution in [1.82, 2.24) is 5.32 Å². The zero-order chi connectivity index (χ0) is 21.8. The van der Waals surface area contributed by atoms with E-state index in [1.807, 2.05) is 24.3 Å². The Morgan fingerprint density at radius 1 is 1.16 bits per heavy atom. The first-order valence-corrected chi connectivity index (χ1v) is 11.0. The number of carbonyl (C=O) groups excluding carboxylic acids is 1. The smallest absolute Gasteiger partial charge is 0.253 e. The minimum absolute atomic E-state index is 0.0455. The number of methoxy groups -OCH3 is 1. The number of carbonyl (C=O) groups is 1. The molecule has 1 aliphatic heterocycles. The molecule has 6 nitrogen and oxygen atoms in total. The summed E-state index contributed by atoms with van der Waals surface area (Å²) in [6.45, 7) is 2.87. The second-order valence-electron chi connectivity index (χ2n) is 8.53. The van der Waals surface area contributed by atoms with E-state index in [0.29, 0.717) is 18.0 Å². The molecule has 2 aromatic rings. The van der Waals surface area contributed by atoms with Crippen LogP contribution in [0.15, 0.2) is 36.4 Å². The molecular formula is C24H31FN4O2. The number of hydrogen-bond donors (Lipinski definition) is 3. The molecule has 1 amide bonds. The van der Waals surface area contributed by atoms with Gasteiger partial charge in [0, 0.05) is 43.6 Å². The number of amides is 1. The van der Waals surface area contributed by atoms with Crippen LogP contribution >= 0.6 is 0 Å². The van der Waals surface area contributed by atoms with Crippen molar-refractivity contribution in [3.63, 3.8) is 0 Å². The van der Waals surface area contributed by atoms with Gasteiger partial charge in [0.1, 0.15) is 0 Å². The molecule has 0 spiro atoms. The third-order valence-electron chi connectivity index (χ3n) is 6.08. The van der Waals surface area contributed by atoms with Crippen molar-refractivity contribution in [2.45, 2.75) is 38.3 Å². The highest BCUT2D eigenvalue weighted by molar-refractivity contribution is 6.01. The molecule has 2 aliphatic rings. The molecule has 31 heavy (non-hydrogen) atoms. The SMILES string of the molecule is COc1ccc(CNc2ccc(N3CCC(N)CC3)c(C(=O)NCC3CC3)c2)cc1F. The summed E-state index contributed by atoms with van der Waals surface area (Å²) in [6, 6.07) is 11.0. The molecule has 1 aliphatic carbocycles. The molecule has 0 radical (unpaired) electrons. The van der Waals surface area contributed by atoms with E-state index in [4.69, 9.17) is 10.5 Å². The highest BCUT2D eigenvalue weighted by atomic mass is 19.1. The van der Waals surface area contributed by atoms with Gasteiger partial charge in [0.25, 0.3) is 5.91 Å². The number of ether oxygens (including phenoxy) is 1. The summed E-state index contributed by atoms with van der Waals surface area (Å²) in [7, 11) is 1.45. The molecule has 7 heteroatoms. The van der Waals surface area contributed by atoms with Gasteiger partial charge in [-0.25, -0.2) is 4.39 Å². The molecule has 0 unspecified atom stereocenters.